The van der Waals surface area contributed by atoms with E-state index in [4.69, 9.17) is 9.47 Å². The van der Waals surface area contributed by atoms with Crippen molar-refractivity contribution in [3.63, 3.8) is 0 Å². The van der Waals surface area contributed by atoms with Gasteiger partial charge in [0.25, 0.3) is 0 Å². The summed E-state index contributed by atoms with van der Waals surface area (Å²) in [6.07, 6.45) is 4.38. The molecule has 1 aromatic rings. The van der Waals surface area contributed by atoms with E-state index in [0.717, 1.165) is 0 Å². The predicted octanol–water partition coefficient (Wildman–Crippen LogP) is 3.43. The van der Waals surface area contributed by atoms with E-state index >= 15 is 0 Å². The minimum atomic E-state index is -3.81. The van der Waals surface area contributed by atoms with Crippen LogP contribution in [-0.2, 0) is 33.9 Å². The van der Waals surface area contributed by atoms with Gasteiger partial charge >= 0.3 is 5.97 Å². The van der Waals surface area contributed by atoms with E-state index in [-0.39, 0.29) is 49.5 Å². The summed E-state index contributed by atoms with van der Waals surface area (Å²) in [5.74, 6) is -2.66. The first-order chi connectivity index (χ1) is 20.1. The van der Waals surface area contributed by atoms with Crippen molar-refractivity contribution in [2.45, 2.75) is 70.6 Å². The van der Waals surface area contributed by atoms with Crippen LogP contribution in [0.1, 0.15) is 59.3 Å². The van der Waals surface area contributed by atoms with Gasteiger partial charge in [-0.25, -0.2) is 13.4 Å². The maximum Gasteiger partial charge on any atom is 0.306 e. The Morgan fingerprint density at radius 1 is 1.28 bits per heavy atom. The summed E-state index contributed by atoms with van der Waals surface area (Å²) in [7, 11) is -2.54. The smallest absolute Gasteiger partial charge is 0.306 e. The van der Waals surface area contributed by atoms with Crippen molar-refractivity contribution in [1.82, 2.24) is 14.6 Å². The van der Waals surface area contributed by atoms with Gasteiger partial charge in [0.05, 0.1) is 42.8 Å². The summed E-state index contributed by atoms with van der Waals surface area (Å²) < 4.78 is 38.7. The Morgan fingerprint density at radius 2 is 1.98 bits per heavy atom. The number of Topliss-reactive ketones (excluding diaryl/α,β-unsaturated/α-hetero) is 1. The van der Waals surface area contributed by atoms with Crippen LogP contribution in [0, 0.1) is 28.6 Å². The number of hydrogen-bond donors (Lipinski definition) is 1. The van der Waals surface area contributed by atoms with Gasteiger partial charge in [0.1, 0.15) is 10.4 Å². The number of methoxy groups -OCH3 is 1. The quantitative estimate of drug-likeness (QED) is 0.188. The predicted molar refractivity (Wildman–Crippen MR) is 161 cm³/mol. The number of carbonyl (C=O) groups is 4. The SMILES string of the molecule is C=CC1C[C@]1(CC(=O)[C@@H]1C[C@@H](COc2ccnc(Br)c2)CN1C(=O)[C@@H](CC(=O)OC)C(C)(C)C)C(=O)NS(=O)(=O)C1CC1. The molecule has 1 unspecified atom stereocenters. The Bertz CT molecular complexity index is 1390. The lowest BCUT2D eigenvalue weighted by Gasteiger charge is -2.35. The maximum atomic E-state index is 14.1. The number of esters is 1. The third kappa shape index (κ3) is 7.65. The molecular formula is C30H40BrN3O8S. The van der Waals surface area contributed by atoms with Crippen LogP contribution in [0.15, 0.2) is 35.6 Å². The lowest BCUT2D eigenvalue weighted by atomic mass is 9.77. The second-order valence-corrected chi connectivity index (χ2v) is 15.7. The lowest BCUT2D eigenvalue weighted by molar-refractivity contribution is -0.151. The van der Waals surface area contributed by atoms with Crippen molar-refractivity contribution >= 4 is 49.5 Å². The first kappa shape index (κ1) is 33.1. The number of likely N-dealkylation sites (tertiary alicyclic amines) is 1. The summed E-state index contributed by atoms with van der Waals surface area (Å²) in [6.45, 7) is 9.78. The number of ether oxygens (including phenoxy) is 2. The third-order valence-electron chi connectivity index (χ3n) is 8.73. The fourth-order valence-corrected chi connectivity index (χ4v) is 7.53. The molecule has 1 saturated heterocycles. The van der Waals surface area contributed by atoms with Crippen molar-refractivity contribution in [3.05, 3.63) is 35.6 Å². The van der Waals surface area contributed by atoms with Crippen LogP contribution in [0.2, 0.25) is 0 Å². The number of pyridine rings is 1. The van der Waals surface area contributed by atoms with E-state index in [9.17, 15) is 27.6 Å². The van der Waals surface area contributed by atoms with Gasteiger partial charge in [-0.1, -0.05) is 26.8 Å². The van der Waals surface area contributed by atoms with Crippen molar-refractivity contribution < 1.29 is 37.1 Å². The average Bonchev–Trinajstić information content (AvgIpc) is 3.86. The van der Waals surface area contributed by atoms with Gasteiger partial charge in [-0.3, -0.25) is 23.9 Å². The van der Waals surface area contributed by atoms with Crippen LogP contribution in [0.4, 0.5) is 0 Å². The molecule has 2 heterocycles. The molecule has 13 heteroatoms. The molecule has 2 aliphatic carbocycles. The molecule has 1 N–H and O–H groups in total. The van der Waals surface area contributed by atoms with Crippen LogP contribution >= 0.6 is 15.9 Å². The Hall–Kier alpha value is -2.80. The number of ketones is 1. The monoisotopic (exact) mass is 681 g/mol. The number of carbonyl (C=O) groups excluding carboxylic acids is 4. The second-order valence-electron chi connectivity index (χ2n) is 13.0. The molecular weight excluding hydrogens is 642 g/mol. The lowest BCUT2D eigenvalue weighted by Crippen LogP contribution is -2.48. The number of allylic oxidation sites excluding steroid dienone is 1. The van der Waals surface area contributed by atoms with Crippen molar-refractivity contribution in [2.24, 2.45) is 28.6 Å². The number of hydrogen-bond acceptors (Lipinski definition) is 9. The number of halogens is 1. The zero-order chi connectivity index (χ0) is 31.7. The first-order valence-corrected chi connectivity index (χ1v) is 16.8. The number of nitrogens with zero attached hydrogens (tertiary/aromatic N) is 2. The van der Waals surface area contributed by atoms with Crippen LogP contribution < -0.4 is 9.46 Å². The minimum absolute atomic E-state index is 0.146. The summed E-state index contributed by atoms with van der Waals surface area (Å²) in [5.41, 5.74) is -1.84. The molecule has 0 spiro atoms. The standard InChI is InChI=1S/C30H40BrN3O8S/c1-6-19-14-30(19,28(38)33-43(39,40)21-7-8-21)15-24(35)23-11-18(17-42-20-9-10-32-25(31)12-20)16-34(23)27(37)22(29(2,3)4)13-26(36)41-5/h6,9-10,12,18-19,21-23H,1,7-8,11,13-17H2,2-5H3,(H,33,38)/t18-,19?,22-,23+,30-/m1/s1. The molecule has 1 aliphatic heterocycles. The van der Waals surface area contributed by atoms with E-state index in [1.807, 2.05) is 20.8 Å². The largest absolute Gasteiger partial charge is 0.493 e. The summed E-state index contributed by atoms with van der Waals surface area (Å²) in [4.78, 5) is 59.2. The second kappa shape index (κ2) is 12.7. The third-order valence-corrected chi connectivity index (χ3v) is 11.0. The Kier molecular flexibility index (Phi) is 9.75. The Balaban J connectivity index is 1.57. The summed E-state index contributed by atoms with van der Waals surface area (Å²) >= 11 is 3.31. The highest BCUT2D eigenvalue weighted by atomic mass is 79.9. The number of rotatable bonds is 13. The highest BCUT2D eigenvalue weighted by Gasteiger charge is 2.61. The molecule has 4 rings (SSSR count). The van der Waals surface area contributed by atoms with Gasteiger partial charge in [-0.15, -0.1) is 6.58 Å². The number of nitrogens with one attached hydrogen (secondary N) is 1. The molecule has 3 aliphatic rings. The molecule has 0 bridgehead atoms. The number of amides is 2. The van der Waals surface area contributed by atoms with E-state index in [1.165, 1.54) is 12.0 Å². The van der Waals surface area contributed by atoms with E-state index in [2.05, 4.69) is 32.2 Å². The number of aromatic nitrogens is 1. The van der Waals surface area contributed by atoms with Crippen LogP contribution in [0.25, 0.3) is 0 Å². The average molecular weight is 683 g/mol. The van der Waals surface area contributed by atoms with E-state index < -0.39 is 49.9 Å². The van der Waals surface area contributed by atoms with Crippen LogP contribution in [0.3, 0.4) is 0 Å². The molecule has 2 saturated carbocycles. The van der Waals surface area contributed by atoms with Crippen molar-refractivity contribution in [1.29, 1.82) is 0 Å². The Morgan fingerprint density at radius 3 is 2.53 bits per heavy atom. The molecule has 11 nitrogen and oxygen atoms in total. The molecule has 236 valence electrons. The molecule has 1 aromatic heterocycles. The fourth-order valence-electron chi connectivity index (χ4n) is 5.80. The normalized spacial score (nSPS) is 25.9. The van der Waals surface area contributed by atoms with Gasteiger partial charge in [-0.2, -0.15) is 0 Å². The van der Waals surface area contributed by atoms with Gasteiger partial charge in [-0.05, 0) is 59.0 Å². The first-order valence-electron chi connectivity index (χ1n) is 14.4. The van der Waals surface area contributed by atoms with E-state index in [0.29, 0.717) is 36.0 Å². The highest BCUT2D eigenvalue weighted by Crippen LogP contribution is 2.57. The van der Waals surface area contributed by atoms with Crippen molar-refractivity contribution in [3.8, 4) is 5.75 Å². The van der Waals surface area contributed by atoms with Crippen molar-refractivity contribution in [2.75, 3.05) is 20.3 Å². The molecule has 3 fully saturated rings. The van der Waals surface area contributed by atoms with Gasteiger partial charge < -0.3 is 14.4 Å². The van der Waals surface area contributed by atoms with Gasteiger partial charge in [0.15, 0.2) is 5.78 Å². The molecule has 43 heavy (non-hydrogen) atoms. The molecule has 0 aromatic carbocycles. The fraction of sp³-hybridized carbons (Fsp3) is 0.633. The van der Waals surface area contributed by atoms with Crippen LogP contribution in [0.5, 0.6) is 5.75 Å². The molecule has 0 radical (unpaired) electrons. The maximum absolute atomic E-state index is 14.1. The zero-order valence-corrected chi connectivity index (χ0v) is 27.4. The Labute approximate surface area is 261 Å². The zero-order valence-electron chi connectivity index (χ0n) is 25.0. The molecule has 5 atom stereocenters. The summed E-state index contributed by atoms with van der Waals surface area (Å²) in [5, 5.41) is -0.584. The van der Waals surface area contributed by atoms with E-state index in [1.54, 1.807) is 24.4 Å². The van der Waals surface area contributed by atoms with Gasteiger partial charge in [0, 0.05) is 31.1 Å². The molecule has 2 amide bonds. The number of sulfonamides is 1. The van der Waals surface area contributed by atoms with Crippen LogP contribution in [-0.4, -0.2) is 73.4 Å². The highest BCUT2D eigenvalue weighted by molar-refractivity contribution is 9.10. The van der Waals surface area contributed by atoms with Gasteiger partial charge in [0.2, 0.25) is 21.8 Å². The topological polar surface area (TPSA) is 149 Å². The summed E-state index contributed by atoms with van der Waals surface area (Å²) in [6, 6.07) is 2.55. The minimum Gasteiger partial charge on any atom is -0.493 e.